The second-order valence-corrected chi connectivity index (χ2v) is 4.10. The Morgan fingerprint density at radius 1 is 1.42 bits per heavy atom. The van der Waals surface area contributed by atoms with Gasteiger partial charge in [0.05, 0.1) is 6.61 Å². The maximum Gasteiger partial charge on any atom is 0.260 e. The molecule has 0 aliphatic rings. The summed E-state index contributed by atoms with van der Waals surface area (Å²) in [6.07, 6.45) is -0.248. The second kappa shape index (κ2) is 7.04. The van der Waals surface area contributed by atoms with Gasteiger partial charge in [-0.15, -0.1) is 0 Å². The van der Waals surface area contributed by atoms with Crippen molar-refractivity contribution < 1.29 is 23.4 Å². The van der Waals surface area contributed by atoms with Crippen LogP contribution < -0.4 is 10.1 Å². The Bertz CT molecular complexity index is 429. The number of ether oxygens (including phenoxy) is 1. The van der Waals surface area contributed by atoms with Crippen LogP contribution in [0.1, 0.15) is 25.8 Å². The van der Waals surface area contributed by atoms with E-state index in [9.17, 15) is 13.6 Å². The third-order valence-corrected chi connectivity index (χ3v) is 2.45. The summed E-state index contributed by atoms with van der Waals surface area (Å²) in [6, 6.07) is 1.93. The van der Waals surface area contributed by atoms with E-state index in [1.807, 2.05) is 6.92 Å². The number of carbonyl (C=O) groups excluding carboxylic acids is 1. The molecule has 0 saturated carbocycles. The van der Waals surface area contributed by atoms with Crippen LogP contribution in [0.2, 0.25) is 0 Å². The summed E-state index contributed by atoms with van der Waals surface area (Å²) >= 11 is 0. The van der Waals surface area contributed by atoms with Crippen LogP contribution in [-0.4, -0.2) is 23.7 Å². The molecule has 1 amide bonds. The van der Waals surface area contributed by atoms with E-state index in [-0.39, 0.29) is 5.56 Å². The minimum Gasteiger partial charge on any atom is -0.475 e. The molecule has 1 rings (SSSR count). The lowest BCUT2D eigenvalue weighted by Crippen LogP contribution is -2.37. The Morgan fingerprint density at radius 2 is 2.00 bits per heavy atom. The highest BCUT2D eigenvalue weighted by Gasteiger charge is 2.19. The first-order valence-electron chi connectivity index (χ1n) is 6.02. The maximum atomic E-state index is 13.6. The summed E-state index contributed by atoms with van der Waals surface area (Å²) in [7, 11) is 0. The molecule has 0 saturated heterocycles. The predicted molar refractivity (Wildman–Crippen MR) is 65.7 cm³/mol. The van der Waals surface area contributed by atoms with Gasteiger partial charge in [0.1, 0.15) is 0 Å². The van der Waals surface area contributed by atoms with Gasteiger partial charge in [0.25, 0.3) is 5.91 Å². The lowest BCUT2D eigenvalue weighted by molar-refractivity contribution is -0.127. The molecule has 0 heterocycles. The van der Waals surface area contributed by atoms with Gasteiger partial charge in [-0.1, -0.05) is 6.92 Å². The largest absolute Gasteiger partial charge is 0.475 e. The summed E-state index contributed by atoms with van der Waals surface area (Å²) in [5.74, 6) is -2.94. The number of hydrogen-bond donors (Lipinski definition) is 2. The van der Waals surface area contributed by atoms with Crippen molar-refractivity contribution in [3.63, 3.8) is 0 Å². The maximum absolute atomic E-state index is 13.6. The van der Waals surface area contributed by atoms with E-state index in [0.717, 1.165) is 18.6 Å². The van der Waals surface area contributed by atoms with E-state index in [2.05, 4.69) is 5.32 Å². The number of rotatable bonds is 6. The number of hydrogen-bond acceptors (Lipinski definition) is 3. The molecule has 6 heteroatoms. The molecule has 1 unspecified atom stereocenters. The third kappa shape index (κ3) is 4.17. The zero-order valence-corrected chi connectivity index (χ0v) is 10.9. The quantitative estimate of drug-likeness (QED) is 0.830. The van der Waals surface area contributed by atoms with Crippen LogP contribution in [0, 0.1) is 11.6 Å². The lowest BCUT2D eigenvalue weighted by Gasteiger charge is -2.15. The van der Waals surface area contributed by atoms with Gasteiger partial charge in [-0.3, -0.25) is 4.79 Å². The standard InChI is InChI=1S/C13H17F2NO3/c1-3-4-16-13(18)8(2)19-12-10(14)5-9(7-17)6-11(12)15/h5-6,8,17H,3-4,7H2,1-2H3,(H,16,18). The van der Waals surface area contributed by atoms with Gasteiger partial charge in [-0.2, -0.15) is 0 Å². The zero-order chi connectivity index (χ0) is 14.4. The van der Waals surface area contributed by atoms with Crippen molar-refractivity contribution in [1.82, 2.24) is 5.32 Å². The Hall–Kier alpha value is -1.69. The van der Waals surface area contributed by atoms with E-state index in [4.69, 9.17) is 9.84 Å². The van der Waals surface area contributed by atoms with Crippen LogP contribution in [0.25, 0.3) is 0 Å². The zero-order valence-electron chi connectivity index (χ0n) is 10.9. The van der Waals surface area contributed by atoms with Crippen LogP contribution in [-0.2, 0) is 11.4 Å². The van der Waals surface area contributed by atoms with Crippen molar-refractivity contribution in [2.24, 2.45) is 0 Å². The fourth-order valence-electron chi connectivity index (χ4n) is 1.44. The van der Waals surface area contributed by atoms with E-state index < -0.39 is 36.0 Å². The van der Waals surface area contributed by atoms with E-state index in [0.29, 0.717) is 6.54 Å². The molecule has 1 aromatic rings. The van der Waals surface area contributed by atoms with Crippen LogP contribution in [0.4, 0.5) is 8.78 Å². The number of amides is 1. The van der Waals surface area contributed by atoms with Crippen LogP contribution in [0.3, 0.4) is 0 Å². The number of aliphatic hydroxyl groups excluding tert-OH is 1. The number of nitrogens with one attached hydrogen (secondary N) is 1. The molecular formula is C13H17F2NO3. The second-order valence-electron chi connectivity index (χ2n) is 4.10. The number of carbonyl (C=O) groups is 1. The Morgan fingerprint density at radius 3 is 2.47 bits per heavy atom. The molecule has 106 valence electrons. The Labute approximate surface area is 110 Å². The van der Waals surface area contributed by atoms with Gasteiger partial charge in [-0.05, 0) is 31.0 Å². The van der Waals surface area contributed by atoms with Crippen molar-refractivity contribution in [3.8, 4) is 5.75 Å². The van der Waals surface area contributed by atoms with Crippen molar-refractivity contribution in [1.29, 1.82) is 0 Å². The molecular weight excluding hydrogens is 256 g/mol. The molecule has 0 spiro atoms. The SMILES string of the molecule is CCCNC(=O)C(C)Oc1c(F)cc(CO)cc1F. The minimum absolute atomic E-state index is 0.102. The van der Waals surface area contributed by atoms with Crippen molar-refractivity contribution in [3.05, 3.63) is 29.3 Å². The summed E-state index contributed by atoms with van der Waals surface area (Å²) in [5.41, 5.74) is 0.102. The van der Waals surface area contributed by atoms with Gasteiger partial charge >= 0.3 is 0 Å². The molecule has 19 heavy (non-hydrogen) atoms. The average Bonchev–Trinajstić information content (AvgIpc) is 2.39. The molecule has 0 bridgehead atoms. The van der Waals surface area contributed by atoms with Crippen molar-refractivity contribution in [2.45, 2.75) is 33.0 Å². The van der Waals surface area contributed by atoms with Crippen molar-refractivity contribution >= 4 is 5.91 Å². The highest BCUT2D eigenvalue weighted by atomic mass is 19.1. The number of benzene rings is 1. The molecule has 2 N–H and O–H groups in total. The molecule has 0 aliphatic heterocycles. The molecule has 1 aromatic carbocycles. The van der Waals surface area contributed by atoms with Gasteiger partial charge in [0.2, 0.25) is 0 Å². The molecule has 4 nitrogen and oxygen atoms in total. The summed E-state index contributed by atoms with van der Waals surface area (Å²) < 4.78 is 32.1. The first-order chi connectivity index (χ1) is 8.99. The minimum atomic E-state index is -1.00. The van der Waals surface area contributed by atoms with E-state index >= 15 is 0 Å². The first-order valence-corrected chi connectivity index (χ1v) is 6.02. The lowest BCUT2D eigenvalue weighted by atomic mass is 10.2. The van der Waals surface area contributed by atoms with Gasteiger partial charge in [0, 0.05) is 6.54 Å². The van der Waals surface area contributed by atoms with Crippen LogP contribution in [0.5, 0.6) is 5.75 Å². The topological polar surface area (TPSA) is 58.6 Å². The summed E-state index contributed by atoms with van der Waals surface area (Å²) in [6.45, 7) is 3.30. The highest BCUT2D eigenvalue weighted by molar-refractivity contribution is 5.80. The van der Waals surface area contributed by atoms with Crippen LogP contribution in [0.15, 0.2) is 12.1 Å². The van der Waals surface area contributed by atoms with E-state index in [1.165, 1.54) is 6.92 Å². The van der Waals surface area contributed by atoms with E-state index in [1.54, 1.807) is 0 Å². The smallest absolute Gasteiger partial charge is 0.260 e. The predicted octanol–water partition coefficient (Wildman–Crippen LogP) is 1.75. The van der Waals surface area contributed by atoms with Gasteiger partial charge < -0.3 is 15.2 Å². The molecule has 0 radical (unpaired) electrons. The average molecular weight is 273 g/mol. The summed E-state index contributed by atoms with van der Waals surface area (Å²) in [5, 5.41) is 11.4. The fourth-order valence-corrected chi connectivity index (χ4v) is 1.44. The summed E-state index contributed by atoms with van der Waals surface area (Å²) in [4.78, 5) is 11.5. The van der Waals surface area contributed by atoms with Gasteiger partial charge in [0.15, 0.2) is 23.5 Å². The molecule has 1 atom stereocenters. The molecule has 0 aliphatic carbocycles. The highest BCUT2D eigenvalue weighted by Crippen LogP contribution is 2.24. The van der Waals surface area contributed by atoms with Crippen molar-refractivity contribution in [2.75, 3.05) is 6.54 Å². The number of halogens is 2. The Balaban J connectivity index is 2.79. The molecule has 0 aromatic heterocycles. The first kappa shape index (κ1) is 15.4. The van der Waals surface area contributed by atoms with Crippen LogP contribution >= 0.6 is 0 Å². The Kier molecular flexibility index (Phi) is 5.69. The number of aliphatic hydroxyl groups is 1. The normalized spacial score (nSPS) is 12.1. The third-order valence-electron chi connectivity index (χ3n) is 2.45. The fraction of sp³-hybridized carbons (Fsp3) is 0.462. The molecule has 0 fully saturated rings. The monoisotopic (exact) mass is 273 g/mol. The van der Waals surface area contributed by atoms with Gasteiger partial charge in [-0.25, -0.2) is 8.78 Å².